The fourth-order valence-electron chi connectivity index (χ4n) is 3.46. The lowest BCUT2D eigenvalue weighted by atomic mass is 10.1. The molecular formula is C20H20N4O2. The third-order valence-corrected chi connectivity index (χ3v) is 5.09. The predicted molar refractivity (Wildman–Crippen MR) is 101 cm³/mol. The van der Waals surface area contributed by atoms with Crippen molar-refractivity contribution >= 4 is 16.7 Å². The Morgan fingerprint density at radius 3 is 2.77 bits per heavy atom. The largest absolute Gasteiger partial charge is 0.422 e. The number of piperazine rings is 1. The van der Waals surface area contributed by atoms with E-state index in [0.717, 1.165) is 55.9 Å². The molecule has 1 aliphatic carbocycles. The molecule has 1 aliphatic heterocycles. The topological polar surface area (TPSA) is 71.3 Å². The van der Waals surface area contributed by atoms with Crippen molar-refractivity contribution in [2.24, 2.45) is 0 Å². The summed E-state index contributed by atoms with van der Waals surface area (Å²) >= 11 is 0. The Kier molecular flexibility index (Phi) is 3.71. The number of rotatable bonds is 3. The Morgan fingerprint density at radius 1 is 1.12 bits per heavy atom. The van der Waals surface area contributed by atoms with Crippen molar-refractivity contribution in [1.82, 2.24) is 15.3 Å². The molecule has 0 spiro atoms. The number of fused-ring (bicyclic) bond motifs is 1. The van der Waals surface area contributed by atoms with Crippen LogP contribution >= 0.6 is 0 Å². The summed E-state index contributed by atoms with van der Waals surface area (Å²) in [6.07, 6.45) is 3.99. The molecule has 5 rings (SSSR count). The summed E-state index contributed by atoms with van der Waals surface area (Å²) in [5.41, 5.74) is 2.50. The average molecular weight is 348 g/mol. The molecule has 6 heteroatoms. The number of aromatic nitrogens is 2. The highest BCUT2D eigenvalue weighted by molar-refractivity contribution is 5.84. The Hall–Kier alpha value is -2.73. The smallest absolute Gasteiger partial charge is 0.345 e. The summed E-state index contributed by atoms with van der Waals surface area (Å²) in [5, 5.41) is 4.25. The number of hydrogen-bond donors (Lipinski definition) is 1. The van der Waals surface area contributed by atoms with Gasteiger partial charge in [-0.25, -0.2) is 14.8 Å². The third-order valence-electron chi connectivity index (χ3n) is 5.09. The molecule has 0 radical (unpaired) electrons. The number of nitrogens with one attached hydrogen (secondary N) is 1. The van der Waals surface area contributed by atoms with Crippen molar-refractivity contribution < 1.29 is 4.42 Å². The molecule has 132 valence electrons. The van der Waals surface area contributed by atoms with Crippen molar-refractivity contribution in [1.29, 1.82) is 0 Å². The van der Waals surface area contributed by atoms with Gasteiger partial charge in [0.2, 0.25) is 0 Å². The molecule has 0 unspecified atom stereocenters. The van der Waals surface area contributed by atoms with E-state index in [-0.39, 0.29) is 5.63 Å². The SMILES string of the molecule is O=c1oc2cc(N3CCNCC3)ccc2cc1-c1ccnc(C2CC2)n1. The van der Waals surface area contributed by atoms with Crippen molar-refractivity contribution in [3.05, 3.63) is 52.8 Å². The van der Waals surface area contributed by atoms with E-state index in [0.29, 0.717) is 22.8 Å². The molecule has 0 bridgehead atoms. The zero-order chi connectivity index (χ0) is 17.5. The highest BCUT2D eigenvalue weighted by atomic mass is 16.4. The quantitative estimate of drug-likeness (QED) is 0.734. The van der Waals surface area contributed by atoms with Gasteiger partial charge in [-0.15, -0.1) is 0 Å². The Morgan fingerprint density at radius 2 is 1.96 bits per heavy atom. The lowest BCUT2D eigenvalue weighted by molar-refractivity contribution is 0.561. The van der Waals surface area contributed by atoms with Crippen LogP contribution < -0.4 is 15.8 Å². The molecule has 1 saturated heterocycles. The minimum atomic E-state index is -0.351. The molecule has 0 amide bonds. The van der Waals surface area contributed by atoms with E-state index in [1.54, 1.807) is 12.3 Å². The molecule has 6 nitrogen and oxygen atoms in total. The van der Waals surface area contributed by atoms with Gasteiger partial charge in [0.05, 0.1) is 11.3 Å². The van der Waals surface area contributed by atoms with Gasteiger partial charge in [0, 0.05) is 55.4 Å². The first-order chi connectivity index (χ1) is 12.8. The first kappa shape index (κ1) is 15.5. The van der Waals surface area contributed by atoms with E-state index < -0.39 is 0 Å². The Balaban J connectivity index is 1.54. The number of nitrogens with zero attached hydrogens (tertiary/aromatic N) is 3. The average Bonchev–Trinajstić information content (AvgIpc) is 3.53. The second-order valence-corrected chi connectivity index (χ2v) is 6.98. The van der Waals surface area contributed by atoms with Gasteiger partial charge in [0.15, 0.2) is 0 Å². The minimum Gasteiger partial charge on any atom is -0.422 e. The fourth-order valence-corrected chi connectivity index (χ4v) is 3.46. The zero-order valence-electron chi connectivity index (χ0n) is 14.4. The first-order valence-electron chi connectivity index (χ1n) is 9.15. The molecule has 3 heterocycles. The van der Waals surface area contributed by atoms with Crippen LogP contribution in [0.25, 0.3) is 22.2 Å². The van der Waals surface area contributed by atoms with Crippen LogP contribution in [0, 0.1) is 0 Å². The lowest BCUT2D eigenvalue weighted by Gasteiger charge is -2.29. The number of anilines is 1. The van der Waals surface area contributed by atoms with Gasteiger partial charge < -0.3 is 14.6 Å². The molecule has 26 heavy (non-hydrogen) atoms. The highest BCUT2D eigenvalue weighted by Gasteiger charge is 2.27. The van der Waals surface area contributed by atoms with Crippen molar-refractivity contribution in [2.75, 3.05) is 31.1 Å². The second kappa shape index (κ2) is 6.21. The lowest BCUT2D eigenvalue weighted by Crippen LogP contribution is -2.43. The van der Waals surface area contributed by atoms with Crippen molar-refractivity contribution in [2.45, 2.75) is 18.8 Å². The van der Waals surface area contributed by atoms with Crippen LogP contribution in [-0.4, -0.2) is 36.1 Å². The van der Waals surface area contributed by atoms with Crippen LogP contribution in [0.2, 0.25) is 0 Å². The highest BCUT2D eigenvalue weighted by Crippen LogP contribution is 2.38. The molecule has 1 aromatic carbocycles. The van der Waals surface area contributed by atoms with Crippen LogP contribution in [-0.2, 0) is 0 Å². The Labute approximate surface area is 150 Å². The Bertz CT molecular complexity index is 1020. The standard InChI is InChI=1S/C20H20N4O2/c25-20-16(17-5-6-22-19(23-17)13-1-2-13)11-14-3-4-15(12-18(14)26-20)24-9-7-21-8-10-24/h3-6,11-13,21H,1-2,7-10H2. The number of hydrogen-bond acceptors (Lipinski definition) is 6. The molecule has 3 aromatic rings. The first-order valence-corrected chi connectivity index (χ1v) is 9.15. The predicted octanol–water partition coefficient (Wildman–Crippen LogP) is 2.54. The van der Waals surface area contributed by atoms with Gasteiger partial charge in [-0.05, 0) is 37.1 Å². The van der Waals surface area contributed by atoms with E-state index in [9.17, 15) is 4.79 Å². The molecule has 1 N–H and O–H groups in total. The second-order valence-electron chi connectivity index (χ2n) is 6.98. The van der Waals surface area contributed by atoms with E-state index >= 15 is 0 Å². The summed E-state index contributed by atoms with van der Waals surface area (Å²) in [6, 6.07) is 9.72. The van der Waals surface area contributed by atoms with Crippen LogP contribution in [0.1, 0.15) is 24.6 Å². The van der Waals surface area contributed by atoms with E-state index in [2.05, 4.69) is 26.3 Å². The van der Waals surface area contributed by atoms with E-state index in [1.807, 2.05) is 18.2 Å². The molecule has 2 aromatic heterocycles. The van der Waals surface area contributed by atoms with Crippen LogP contribution in [0.15, 0.2) is 45.7 Å². The molecule has 2 aliphatic rings. The summed E-state index contributed by atoms with van der Waals surface area (Å²) < 4.78 is 5.64. The van der Waals surface area contributed by atoms with Gasteiger partial charge in [-0.1, -0.05) is 0 Å². The van der Waals surface area contributed by atoms with Gasteiger partial charge in [0.25, 0.3) is 0 Å². The van der Waals surface area contributed by atoms with Crippen molar-refractivity contribution in [3.63, 3.8) is 0 Å². The maximum absolute atomic E-state index is 12.6. The molecular weight excluding hydrogens is 328 g/mol. The van der Waals surface area contributed by atoms with E-state index in [1.165, 1.54) is 0 Å². The van der Waals surface area contributed by atoms with Crippen LogP contribution in [0.4, 0.5) is 5.69 Å². The minimum absolute atomic E-state index is 0.351. The van der Waals surface area contributed by atoms with Gasteiger partial charge >= 0.3 is 5.63 Å². The van der Waals surface area contributed by atoms with E-state index in [4.69, 9.17) is 4.42 Å². The van der Waals surface area contributed by atoms with Crippen LogP contribution in [0.5, 0.6) is 0 Å². The third kappa shape index (κ3) is 2.86. The number of benzene rings is 1. The summed E-state index contributed by atoms with van der Waals surface area (Å²) in [7, 11) is 0. The maximum atomic E-state index is 12.6. The summed E-state index contributed by atoms with van der Waals surface area (Å²) in [6.45, 7) is 3.85. The van der Waals surface area contributed by atoms with Gasteiger partial charge in [-0.2, -0.15) is 0 Å². The molecule has 0 atom stereocenters. The summed E-state index contributed by atoms with van der Waals surface area (Å²) in [4.78, 5) is 23.8. The zero-order valence-corrected chi connectivity index (χ0v) is 14.4. The normalized spacial score (nSPS) is 17.6. The fraction of sp³-hybridized carbons (Fsp3) is 0.350. The van der Waals surface area contributed by atoms with Crippen molar-refractivity contribution in [3.8, 4) is 11.3 Å². The monoisotopic (exact) mass is 348 g/mol. The maximum Gasteiger partial charge on any atom is 0.345 e. The summed E-state index contributed by atoms with van der Waals surface area (Å²) in [5.74, 6) is 1.28. The molecule has 1 saturated carbocycles. The van der Waals surface area contributed by atoms with Gasteiger partial charge in [-0.3, -0.25) is 0 Å². The van der Waals surface area contributed by atoms with Gasteiger partial charge in [0.1, 0.15) is 11.4 Å². The van der Waals surface area contributed by atoms with Crippen LogP contribution in [0.3, 0.4) is 0 Å². The molecule has 2 fully saturated rings.